The Balaban J connectivity index is 2.01. The Bertz CT molecular complexity index is 677. The van der Waals surface area contributed by atoms with Crippen LogP contribution in [0.15, 0.2) is 66.2 Å². The molecule has 0 aliphatic carbocycles. The molecule has 2 aromatic carbocycles. The molecule has 0 amide bonds. The number of carbonyl (C=O) groups is 1. The van der Waals surface area contributed by atoms with Gasteiger partial charge in [0.15, 0.2) is 0 Å². The summed E-state index contributed by atoms with van der Waals surface area (Å²) in [5.74, 6) is -0.288. The number of ether oxygens (including phenoxy) is 1. The molecule has 23 heavy (non-hydrogen) atoms. The predicted molar refractivity (Wildman–Crippen MR) is 89.4 cm³/mol. The number of hydrogen-bond donors (Lipinski definition) is 2. The summed E-state index contributed by atoms with van der Waals surface area (Å²) >= 11 is 0. The molecule has 2 rings (SSSR count). The van der Waals surface area contributed by atoms with Crippen LogP contribution in [-0.4, -0.2) is 28.9 Å². The Morgan fingerprint density at radius 3 is 2.48 bits per heavy atom. The van der Waals surface area contributed by atoms with Crippen LogP contribution < -0.4 is 4.74 Å². The summed E-state index contributed by atoms with van der Waals surface area (Å²) in [5.41, 5.74) is 2.21. The van der Waals surface area contributed by atoms with Crippen molar-refractivity contribution in [2.45, 2.75) is 19.4 Å². The Labute approximate surface area is 135 Å². The molecule has 1 atom stereocenters. The standard InChI is InChI=1S/C19H20O4/c1-14(19(21)22)11-12-16(20)13-23-18-10-6-5-9-17(18)15-7-3-2-4-8-15/h2-11,16,20H,12-13H2,1H3,(H,21,22). The first-order chi connectivity index (χ1) is 11.1. The molecule has 0 fully saturated rings. The highest BCUT2D eigenvalue weighted by atomic mass is 16.5. The Morgan fingerprint density at radius 2 is 1.78 bits per heavy atom. The average Bonchev–Trinajstić information content (AvgIpc) is 2.58. The summed E-state index contributed by atoms with van der Waals surface area (Å²) in [7, 11) is 0. The molecule has 0 radical (unpaired) electrons. The summed E-state index contributed by atoms with van der Waals surface area (Å²) in [4.78, 5) is 10.7. The highest BCUT2D eigenvalue weighted by molar-refractivity contribution is 5.85. The van der Waals surface area contributed by atoms with Crippen molar-refractivity contribution < 1.29 is 19.7 Å². The number of rotatable bonds is 7. The van der Waals surface area contributed by atoms with Crippen LogP contribution in [0.1, 0.15) is 13.3 Å². The van der Waals surface area contributed by atoms with Crippen LogP contribution in [0.2, 0.25) is 0 Å². The molecular weight excluding hydrogens is 292 g/mol. The first-order valence-corrected chi connectivity index (χ1v) is 7.43. The van der Waals surface area contributed by atoms with E-state index in [2.05, 4.69) is 0 Å². The van der Waals surface area contributed by atoms with Gasteiger partial charge >= 0.3 is 5.97 Å². The molecule has 0 spiro atoms. The van der Waals surface area contributed by atoms with Gasteiger partial charge < -0.3 is 14.9 Å². The number of carboxylic acid groups (broad SMARTS) is 1. The highest BCUT2D eigenvalue weighted by Gasteiger charge is 2.09. The topological polar surface area (TPSA) is 66.8 Å². The van der Waals surface area contributed by atoms with E-state index in [1.54, 1.807) is 0 Å². The lowest BCUT2D eigenvalue weighted by Gasteiger charge is -2.14. The van der Waals surface area contributed by atoms with Crippen LogP contribution in [0.25, 0.3) is 11.1 Å². The molecule has 0 heterocycles. The number of aliphatic carboxylic acids is 1. The van der Waals surface area contributed by atoms with Gasteiger partial charge in [0, 0.05) is 11.1 Å². The van der Waals surface area contributed by atoms with E-state index in [0.717, 1.165) is 11.1 Å². The molecule has 0 aliphatic rings. The smallest absolute Gasteiger partial charge is 0.330 e. The van der Waals surface area contributed by atoms with E-state index < -0.39 is 12.1 Å². The number of carboxylic acids is 1. The molecular formula is C19H20O4. The molecule has 0 aliphatic heterocycles. The largest absolute Gasteiger partial charge is 0.490 e. The lowest BCUT2D eigenvalue weighted by Crippen LogP contribution is -2.17. The molecule has 0 saturated carbocycles. The van der Waals surface area contributed by atoms with Crippen LogP contribution in [0.4, 0.5) is 0 Å². The fourth-order valence-electron chi connectivity index (χ4n) is 2.10. The average molecular weight is 312 g/mol. The monoisotopic (exact) mass is 312 g/mol. The second kappa shape index (κ2) is 8.15. The third kappa shape index (κ3) is 4.97. The summed E-state index contributed by atoms with van der Waals surface area (Å²) in [6, 6.07) is 17.5. The van der Waals surface area contributed by atoms with Crippen LogP contribution in [0.3, 0.4) is 0 Å². The number of hydrogen-bond acceptors (Lipinski definition) is 3. The van der Waals surface area contributed by atoms with Gasteiger partial charge in [-0.15, -0.1) is 0 Å². The van der Waals surface area contributed by atoms with Gasteiger partial charge in [-0.2, -0.15) is 0 Å². The first-order valence-electron chi connectivity index (χ1n) is 7.43. The molecule has 1 unspecified atom stereocenters. The lowest BCUT2D eigenvalue weighted by molar-refractivity contribution is -0.132. The minimum absolute atomic E-state index is 0.104. The van der Waals surface area contributed by atoms with Crippen molar-refractivity contribution in [2.24, 2.45) is 0 Å². The maximum absolute atomic E-state index is 10.7. The van der Waals surface area contributed by atoms with Crippen molar-refractivity contribution in [3.05, 3.63) is 66.2 Å². The molecule has 2 N–H and O–H groups in total. The minimum atomic E-state index is -0.979. The highest BCUT2D eigenvalue weighted by Crippen LogP contribution is 2.29. The van der Waals surface area contributed by atoms with Gasteiger partial charge in [0.25, 0.3) is 0 Å². The molecule has 0 aromatic heterocycles. The Hall–Kier alpha value is -2.59. The maximum Gasteiger partial charge on any atom is 0.330 e. The van der Waals surface area contributed by atoms with Gasteiger partial charge in [-0.05, 0) is 25.0 Å². The maximum atomic E-state index is 10.7. The SMILES string of the molecule is CC(=CCC(O)COc1ccccc1-c1ccccc1)C(=O)O. The molecule has 2 aromatic rings. The predicted octanol–water partition coefficient (Wildman–Crippen LogP) is 3.51. The minimum Gasteiger partial charge on any atom is -0.490 e. The molecule has 4 nitrogen and oxygen atoms in total. The third-order valence-corrected chi connectivity index (χ3v) is 3.44. The van der Waals surface area contributed by atoms with Gasteiger partial charge in [-0.25, -0.2) is 4.79 Å². The second-order valence-electron chi connectivity index (χ2n) is 5.26. The van der Waals surface area contributed by atoms with Crippen LogP contribution >= 0.6 is 0 Å². The quantitative estimate of drug-likeness (QED) is 0.768. The van der Waals surface area contributed by atoms with Gasteiger partial charge in [0.1, 0.15) is 12.4 Å². The summed E-state index contributed by atoms with van der Waals surface area (Å²) in [6.45, 7) is 1.61. The molecule has 0 bridgehead atoms. The molecule has 120 valence electrons. The number of benzene rings is 2. The number of para-hydroxylation sites is 1. The van der Waals surface area contributed by atoms with Crippen LogP contribution in [0, 0.1) is 0 Å². The van der Waals surface area contributed by atoms with Crippen molar-refractivity contribution in [1.29, 1.82) is 0 Å². The van der Waals surface area contributed by atoms with Gasteiger partial charge in [-0.1, -0.05) is 54.6 Å². The van der Waals surface area contributed by atoms with Gasteiger partial charge in [0.05, 0.1) is 6.10 Å². The van der Waals surface area contributed by atoms with E-state index in [1.807, 2.05) is 54.6 Å². The summed E-state index contributed by atoms with van der Waals surface area (Å²) in [5, 5.41) is 18.7. The third-order valence-electron chi connectivity index (χ3n) is 3.44. The van der Waals surface area contributed by atoms with Crippen LogP contribution in [-0.2, 0) is 4.79 Å². The molecule has 0 saturated heterocycles. The van der Waals surface area contributed by atoms with E-state index in [9.17, 15) is 9.90 Å². The summed E-state index contributed by atoms with van der Waals surface area (Å²) < 4.78 is 5.72. The van der Waals surface area contributed by atoms with E-state index >= 15 is 0 Å². The van der Waals surface area contributed by atoms with E-state index in [0.29, 0.717) is 5.75 Å². The first kappa shape index (κ1) is 16.8. The van der Waals surface area contributed by atoms with Crippen molar-refractivity contribution in [3.63, 3.8) is 0 Å². The number of aliphatic hydroxyl groups excluding tert-OH is 1. The van der Waals surface area contributed by atoms with Gasteiger partial charge in [0.2, 0.25) is 0 Å². The van der Waals surface area contributed by atoms with Crippen molar-refractivity contribution in [2.75, 3.05) is 6.61 Å². The fraction of sp³-hybridized carbons (Fsp3) is 0.211. The lowest BCUT2D eigenvalue weighted by atomic mass is 10.0. The van der Waals surface area contributed by atoms with Gasteiger partial charge in [-0.3, -0.25) is 0 Å². The Kier molecular flexibility index (Phi) is 5.94. The van der Waals surface area contributed by atoms with E-state index in [1.165, 1.54) is 13.0 Å². The zero-order valence-corrected chi connectivity index (χ0v) is 13.0. The summed E-state index contributed by atoms with van der Waals surface area (Å²) in [6.07, 6.45) is 0.985. The fourth-order valence-corrected chi connectivity index (χ4v) is 2.10. The molecule has 4 heteroatoms. The van der Waals surface area contributed by atoms with E-state index in [4.69, 9.17) is 9.84 Å². The normalized spacial score (nSPS) is 12.7. The zero-order valence-electron chi connectivity index (χ0n) is 13.0. The van der Waals surface area contributed by atoms with E-state index in [-0.39, 0.29) is 18.6 Å². The van der Waals surface area contributed by atoms with Crippen LogP contribution in [0.5, 0.6) is 5.75 Å². The zero-order chi connectivity index (χ0) is 16.7. The van der Waals surface area contributed by atoms with Crippen molar-refractivity contribution >= 4 is 5.97 Å². The Morgan fingerprint density at radius 1 is 1.13 bits per heavy atom. The number of aliphatic hydroxyl groups is 1. The van der Waals surface area contributed by atoms with Crippen molar-refractivity contribution in [1.82, 2.24) is 0 Å². The second-order valence-corrected chi connectivity index (χ2v) is 5.26. The van der Waals surface area contributed by atoms with Crippen molar-refractivity contribution in [3.8, 4) is 16.9 Å².